The maximum absolute atomic E-state index is 12.7. The lowest BCUT2D eigenvalue weighted by atomic mass is 9.80. The molecule has 8 heteroatoms. The van der Waals surface area contributed by atoms with Crippen LogP contribution in [0.1, 0.15) is 30.4 Å². The standard InChI is InChI=1S/C20H28N6O2/c1-28-10-9-26-18(22-23-20(26)15-11-16(21)12-15)13-24-7-8-25(19(27)14-24)17-5-3-2-4-6-17/h2-6,15-16H,7-14,21H2,1H3. The summed E-state index contributed by atoms with van der Waals surface area (Å²) in [6, 6.07) is 10.1. The molecule has 1 aliphatic carbocycles. The van der Waals surface area contributed by atoms with E-state index in [0.717, 1.165) is 43.3 Å². The lowest BCUT2D eigenvalue weighted by Crippen LogP contribution is -2.50. The molecule has 2 heterocycles. The highest BCUT2D eigenvalue weighted by Gasteiger charge is 2.33. The Morgan fingerprint density at radius 2 is 1.96 bits per heavy atom. The van der Waals surface area contributed by atoms with Crippen molar-refractivity contribution in [1.82, 2.24) is 19.7 Å². The van der Waals surface area contributed by atoms with Gasteiger partial charge in [-0.1, -0.05) is 18.2 Å². The van der Waals surface area contributed by atoms with Gasteiger partial charge in [0.25, 0.3) is 0 Å². The van der Waals surface area contributed by atoms with Crippen LogP contribution >= 0.6 is 0 Å². The molecule has 2 aliphatic rings. The Hall–Kier alpha value is -2.29. The van der Waals surface area contributed by atoms with Crippen LogP contribution in [-0.4, -0.2) is 65.0 Å². The number of nitrogens with zero attached hydrogens (tertiary/aromatic N) is 5. The molecule has 8 nitrogen and oxygen atoms in total. The number of anilines is 1. The van der Waals surface area contributed by atoms with Gasteiger partial charge in [-0.3, -0.25) is 9.69 Å². The zero-order valence-electron chi connectivity index (χ0n) is 16.3. The zero-order valence-corrected chi connectivity index (χ0v) is 16.3. The molecule has 2 N–H and O–H groups in total. The molecule has 0 spiro atoms. The van der Waals surface area contributed by atoms with E-state index in [1.807, 2.05) is 35.2 Å². The fourth-order valence-corrected chi connectivity index (χ4v) is 4.00. The number of hydrogen-bond donors (Lipinski definition) is 1. The van der Waals surface area contributed by atoms with Crippen molar-refractivity contribution in [1.29, 1.82) is 0 Å². The van der Waals surface area contributed by atoms with Crippen molar-refractivity contribution in [3.05, 3.63) is 42.0 Å². The number of rotatable bonds is 7. The summed E-state index contributed by atoms with van der Waals surface area (Å²) >= 11 is 0. The number of ether oxygens (including phenoxy) is 1. The molecule has 0 bridgehead atoms. The number of carbonyl (C=O) groups excluding carboxylic acids is 1. The van der Waals surface area contributed by atoms with E-state index in [9.17, 15) is 4.79 Å². The van der Waals surface area contributed by atoms with Crippen LogP contribution in [0, 0.1) is 0 Å². The van der Waals surface area contributed by atoms with E-state index in [1.54, 1.807) is 7.11 Å². The number of hydrogen-bond acceptors (Lipinski definition) is 6. The number of nitrogens with two attached hydrogens (primary N) is 1. The van der Waals surface area contributed by atoms with Gasteiger partial charge < -0.3 is 19.9 Å². The number of para-hydroxylation sites is 1. The van der Waals surface area contributed by atoms with Gasteiger partial charge in [0, 0.05) is 44.4 Å². The van der Waals surface area contributed by atoms with Gasteiger partial charge in [-0.05, 0) is 25.0 Å². The van der Waals surface area contributed by atoms with Gasteiger partial charge in [0.05, 0.1) is 19.7 Å². The average Bonchev–Trinajstić information content (AvgIpc) is 3.06. The Balaban J connectivity index is 1.43. The minimum absolute atomic E-state index is 0.116. The Kier molecular flexibility index (Phi) is 5.70. The molecule has 28 heavy (non-hydrogen) atoms. The molecule has 2 fully saturated rings. The van der Waals surface area contributed by atoms with E-state index < -0.39 is 0 Å². The highest BCUT2D eigenvalue weighted by Crippen LogP contribution is 2.35. The molecule has 1 amide bonds. The third-order valence-electron chi connectivity index (χ3n) is 5.65. The molecular formula is C20H28N6O2. The van der Waals surface area contributed by atoms with Crippen molar-refractivity contribution in [3.8, 4) is 0 Å². The second-order valence-corrected chi connectivity index (χ2v) is 7.64. The van der Waals surface area contributed by atoms with Crippen LogP contribution in [0.3, 0.4) is 0 Å². The number of benzene rings is 1. The molecule has 4 rings (SSSR count). The summed E-state index contributed by atoms with van der Waals surface area (Å²) < 4.78 is 7.43. The van der Waals surface area contributed by atoms with Crippen LogP contribution < -0.4 is 10.6 Å². The minimum atomic E-state index is 0.116. The molecule has 150 valence electrons. The lowest BCUT2D eigenvalue weighted by Gasteiger charge is -2.34. The molecule has 1 aliphatic heterocycles. The largest absolute Gasteiger partial charge is 0.383 e. The second kappa shape index (κ2) is 8.38. The first-order valence-corrected chi connectivity index (χ1v) is 9.90. The predicted octanol–water partition coefficient (Wildman–Crippen LogP) is 0.978. The molecule has 0 unspecified atom stereocenters. The number of aromatic nitrogens is 3. The summed E-state index contributed by atoms with van der Waals surface area (Å²) in [6.07, 6.45) is 1.92. The topological polar surface area (TPSA) is 89.5 Å². The fourth-order valence-electron chi connectivity index (χ4n) is 4.00. The van der Waals surface area contributed by atoms with Crippen LogP contribution in [-0.2, 0) is 22.6 Å². The monoisotopic (exact) mass is 384 g/mol. The van der Waals surface area contributed by atoms with Gasteiger partial charge in [0.15, 0.2) is 0 Å². The van der Waals surface area contributed by atoms with Crippen LogP contribution in [0.5, 0.6) is 0 Å². The fraction of sp³-hybridized carbons (Fsp3) is 0.550. The summed E-state index contributed by atoms with van der Waals surface area (Å²) in [5.41, 5.74) is 6.91. The summed E-state index contributed by atoms with van der Waals surface area (Å²) in [5.74, 6) is 2.40. The van der Waals surface area contributed by atoms with Crippen molar-refractivity contribution < 1.29 is 9.53 Å². The van der Waals surface area contributed by atoms with E-state index in [0.29, 0.717) is 32.2 Å². The second-order valence-electron chi connectivity index (χ2n) is 7.64. The molecular weight excluding hydrogens is 356 g/mol. The van der Waals surface area contributed by atoms with E-state index >= 15 is 0 Å². The van der Waals surface area contributed by atoms with Crippen molar-refractivity contribution in [2.75, 3.05) is 38.3 Å². The minimum Gasteiger partial charge on any atom is -0.383 e. The van der Waals surface area contributed by atoms with Crippen molar-refractivity contribution in [2.24, 2.45) is 5.73 Å². The van der Waals surface area contributed by atoms with Crippen LogP contribution in [0.2, 0.25) is 0 Å². The Morgan fingerprint density at radius 1 is 1.18 bits per heavy atom. The number of piperazine rings is 1. The van der Waals surface area contributed by atoms with Crippen LogP contribution in [0.15, 0.2) is 30.3 Å². The van der Waals surface area contributed by atoms with E-state index in [4.69, 9.17) is 10.5 Å². The van der Waals surface area contributed by atoms with E-state index in [2.05, 4.69) is 19.7 Å². The number of amides is 1. The third-order valence-corrected chi connectivity index (χ3v) is 5.65. The first kappa shape index (κ1) is 19.0. The van der Waals surface area contributed by atoms with Gasteiger partial charge in [-0.15, -0.1) is 10.2 Å². The van der Waals surface area contributed by atoms with E-state index in [1.165, 1.54) is 0 Å². The van der Waals surface area contributed by atoms with Gasteiger partial charge in [0.2, 0.25) is 5.91 Å². The predicted molar refractivity (Wildman–Crippen MR) is 106 cm³/mol. The Labute approximate surface area is 165 Å². The average molecular weight is 384 g/mol. The Bertz CT molecular complexity index is 802. The highest BCUT2D eigenvalue weighted by atomic mass is 16.5. The maximum atomic E-state index is 12.7. The normalized spacial score (nSPS) is 23.1. The van der Waals surface area contributed by atoms with Gasteiger partial charge in [0.1, 0.15) is 11.6 Å². The molecule has 0 radical (unpaired) electrons. The lowest BCUT2D eigenvalue weighted by molar-refractivity contribution is -0.121. The van der Waals surface area contributed by atoms with E-state index in [-0.39, 0.29) is 11.9 Å². The Morgan fingerprint density at radius 3 is 2.64 bits per heavy atom. The number of carbonyl (C=O) groups is 1. The summed E-state index contributed by atoms with van der Waals surface area (Å²) in [6.45, 7) is 3.82. The first-order chi connectivity index (χ1) is 13.7. The van der Waals surface area contributed by atoms with Gasteiger partial charge >= 0.3 is 0 Å². The summed E-state index contributed by atoms with van der Waals surface area (Å²) in [4.78, 5) is 16.7. The highest BCUT2D eigenvalue weighted by molar-refractivity contribution is 5.95. The molecule has 1 aromatic heterocycles. The zero-order chi connectivity index (χ0) is 19.5. The maximum Gasteiger partial charge on any atom is 0.241 e. The SMILES string of the molecule is COCCn1c(CN2CCN(c3ccccc3)C(=O)C2)nnc1C1CC(N)C1. The molecule has 0 atom stereocenters. The van der Waals surface area contributed by atoms with Crippen molar-refractivity contribution >= 4 is 11.6 Å². The van der Waals surface area contributed by atoms with Gasteiger partial charge in [-0.2, -0.15) is 0 Å². The molecule has 1 saturated carbocycles. The summed E-state index contributed by atoms with van der Waals surface area (Å²) in [7, 11) is 1.70. The third kappa shape index (κ3) is 3.94. The smallest absolute Gasteiger partial charge is 0.241 e. The van der Waals surface area contributed by atoms with Crippen LogP contribution in [0.4, 0.5) is 5.69 Å². The molecule has 1 saturated heterocycles. The van der Waals surface area contributed by atoms with Crippen molar-refractivity contribution in [2.45, 2.75) is 37.9 Å². The first-order valence-electron chi connectivity index (χ1n) is 9.90. The summed E-state index contributed by atoms with van der Waals surface area (Å²) in [5, 5.41) is 8.90. The van der Waals surface area contributed by atoms with Gasteiger partial charge in [-0.25, -0.2) is 0 Å². The quantitative estimate of drug-likeness (QED) is 0.765. The molecule has 1 aromatic carbocycles. The van der Waals surface area contributed by atoms with Crippen molar-refractivity contribution in [3.63, 3.8) is 0 Å². The van der Waals surface area contributed by atoms with Crippen LogP contribution in [0.25, 0.3) is 0 Å². The molecule has 2 aromatic rings. The number of methoxy groups -OCH3 is 1.